The first-order chi connectivity index (χ1) is 14.4. The molecule has 7 unspecified atom stereocenters. The number of esters is 1. The van der Waals surface area contributed by atoms with Gasteiger partial charge >= 0.3 is 5.97 Å². The predicted molar refractivity (Wildman–Crippen MR) is 114 cm³/mol. The van der Waals surface area contributed by atoms with Crippen molar-refractivity contribution in [2.75, 3.05) is 6.61 Å². The molecular formula is C23H35ClO7. The van der Waals surface area contributed by atoms with Crippen LogP contribution in [0.1, 0.15) is 66.2 Å². The highest BCUT2D eigenvalue weighted by molar-refractivity contribution is 6.45. The molecule has 3 rings (SSSR count). The number of aliphatic hydroxyl groups is 4. The molecule has 0 saturated heterocycles. The summed E-state index contributed by atoms with van der Waals surface area (Å²) in [5.41, 5.74) is -3.95. The van der Waals surface area contributed by atoms with Gasteiger partial charge < -0.3 is 25.2 Å². The Kier molecular flexibility index (Phi) is 6.69. The minimum Gasteiger partial charge on any atom is -0.460 e. The highest BCUT2D eigenvalue weighted by Gasteiger charge is 2.76. The quantitative estimate of drug-likeness (QED) is 0.324. The van der Waals surface area contributed by atoms with E-state index in [4.69, 9.17) is 16.3 Å². The summed E-state index contributed by atoms with van der Waals surface area (Å²) in [5, 5.41) is 42.3. The van der Waals surface area contributed by atoms with Crippen LogP contribution in [0.3, 0.4) is 0 Å². The van der Waals surface area contributed by atoms with Crippen LogP contribution in [0.15, 0.2) is 10.6 Å². The molecule has 2 fully saturated rings. The van der Waals surface area contributed by atoms with Gasteiger partial charge in [0.15, 0.2) is 11.7 Å². The number of rotatable bonds is 8. The molecule has 0 aromatic heterocycles. The molecule has 3 aliphatic rings. The molecule has 0 aromatic rings. The standard InChI is InChI=1S/C23H35ClO7/c1-5-6-7-8-9-13(26)20(29)31-19-14-12(10-21(19,2)3)17(27)15-16(24)18(28)23(30,11-25)22(14,15)4/h12-14,17,19,25-27,30H,5-11H2,1-4H3. The molecule has 7 nitrogen and oxygen atoms in total. The molecule has 4 N–H and O–H groups in total. The van der Waals surface area contributed by atoms with Crippen LogP contribution < -0.4 is 0 Å². The van der Waals surface area contributed by atoms with Gasteiger partial charge in [-0.25, -0.2) is 4.79 Å². The van der Waals surface area contributed by atoms with Gasteiger partial charge in [-0.2, -0.15) is 0 Å². The van der Waals surface area contributed by atoms with E-state index >= 15 is 0 Å². The van der Waals surface area contributed by atoms with Crippen molar-refractivity contribution >= 4 is 23.4 Å². The second-order valence-electron chi connectivity index (χ2n) is 10.3. The molecule has 31 heavy (non-hydrogen) atoms. The van der Waals surface area contributed by atoms with Crippen LogP contribution >= 0.6 is 11.6 Å². The van der Waals surface area contributed by atoms with Gasteiger partial charge in [-0.3, -0.25) is 4.79 Å². The minimum atomic E-state index is -2.20. The number of ether oxygens (including phenoxy) is 1. The average Bonchev–Trinajstić information content (AvgIpc) is 3.16. The lowest BCUT2D eigenvalue weighted by molar-refractivity contribution is -0.178. The van der Waals surface area contributed by atoms with Crippen LogP contribution in [-0.4, -0.2) is 62.7 Å². The largest absolute Gasteiger partial charge is 0.460 e. The summed E-state index contributed by atoms with van der Waals surface area (Å²) in [6.07, 6.45) is 1.36. The molecule has 3 aliphatic carbocycles. The van der Waals surface area contributed by atoms with Gasteiger partial charge in [0.2, 0.25) is 5.78 Å². The molecule has 7 atom stereocenters. The molecule has 176 valence electrons. The van der Waals surface area contributed by atoms with Crippen molar-refractivity contribution in [1.82, 2.24) is 0 Å². The van der Waals surface area contributed by atoms with Gasteiger partial charge in [-0.1, -0.05) is 65.0 Å². The Morgan fingerprint density at radius 2 is 1.90 bits per heavy atom. The lowest BCUT2D eigenvalue weighted by Crippen LogP contribution is -2.57. The third kappa shape index (κ3) is 3.48. The summed E-state index contributed by atoms with van der Waals surface area (Å²) < 4.78 is 5.82. The van der Waals surface area contributed by atoms with Crippen LogP contribution in [0.25, 0.3) is 0 Å². The van der Waals surface area contributed by atoms with Gasteiger partial charge in [0.05, 0.1) is 17.7 Å². The number of hydrogen-bond donors (Lipinski definition) is 4. The van der Waals surface area contributed by atoms with E-state index in [1.807, 2.05) is 13.8 Å². The fourth-order valence-electron chi connectivity index (χ4n) is 6.25. The highest BCUT2D eigenvalue weighted by atomic mass is 35.5. The summed E-state index contributed by atoms with van der Waals surface area (Å²) >= 11 is 6.23. The van der Waals surface area contributed by atoms with Crippen LogP contribution in [0.5, 0.6) is 0 Å². The van der Waals surface area contributed by atoms with E-state index in [2.05, 4.69) is 6.92 Å². The fourth-order valence-corrected chi connectivity index (χ4v) is 6.72. The van der Waals surface area contributed by atoms with E-state index in [1.54, 1.807) is 6.92 Å². The van der Waals surface area contributed by atoms with Gasteiger partial charge in [0.25, 0.3) is 0 Å². The smallest absolute Gasteiger partial charge is 0.335 e. The van der Waals surface area contributed by atoms with Crippen molar-refractivity contribution in [3.8, 4) is 0 Å². The first kappa shape index (κ1) is 24.6. The van der Waals surface area contributed by atoms with Crippen molar-refractivity contribution < 1.29 is 34.8 Å². The Morgan fingerprint density at radius 3 is 2.48 bits per heavy atom. The molecule has 0 bridgehead atoms. The first-order valence-corrected chi connectivity index (χ1v) is 11.6. The lowest BCUT2D eigenvalue weighted by Gasteiger charge is -2.44. The normalized spacial score (nSPS) is 39.6. The van der Waals surface area contributed by atoms with Gasteiger partial charge in [0, 0.05) is 16.7 Å². The average molecular weight is 459 g/mol. The minimum absolute atomic E-state index is 0.211. The molecule has 0 aromatic carbocycles. The highest BCUT2D eigenvalue weighted by Crippen LogP contribution is 2.69. The van der Waals surface area contributed by atoms with E-state index in [1.165, 1.54) is 0 Å². The van der Waals surface area contributed by atoms with Crippen LogP contribution in [-0.2, 0) is 14.3 Å². The number of fused-ring (bicyclic) bond motifs is 3. The Hall–Kier alpha value is -0.990. The first-order valence-electron chi connectivity index (χ1n) is 11.2. The number of carbonyl (C=O) groups is 2. The molecule has 0 radical (unpaired) electrons. The van der Waals surface area contributed by atoms with Crippen molar-refractivity contribution in [3.63, 3.8) is 0 Å². The van der Waals surface area contributed by atoms with E-state index in [0.717, 1.165) is 19.3 Å². The monoisotopic (exact) mass is 458 g/mol. The van der Waals surface area contributed by atoms with E-state index in [9.17, 15) is 30.0 Å². The summed E-state index contributed by atoms with van der Waals surface area (Å²) in [6, 6.07) is 0. The molecule has 0 heterocycles. The van der Waals surface area contributed by atoms with Gasteiger partial charge in [-0.05, 0) is 24.3 Å². The van der Waals surface area contributed by atoms with Gasteiger partial charge in [0.1, 0.15) is 6.10 Å². The summed E-state index contributed by atoms with van der Waals surface area (Å²) in [4.78, 5) is 25.4. The lowest BCUT2D eigenvalue weighted by atomic mass is 9.64. The maximum Gasteiger partial charge on any atom is 0.335 e. The second-order valence-corrected chi connectivity index (χ2v) is 10.7. The molecule has 0 aliphatic heterocycles. The van der Waals surface area contributed by atoms with E-state index in [-0.39, 0.29) is 10.6 Å². The second kappa shape index (κ2) is 8.41. The number of hydrogen-bond acceptors (Lipinski definition) is 7. The Balaban J connectivity index is 1.90. The molecule has 8 heteroatoms. The topological polar surface area (TPSA) is 124 Å². The zero-order valence-corrected chi connectivity index (χ0v) is 19.5. The van der Waals surface area contributed by atoms with Crippen molar-refractivity contribution in [3.05, 3.63) is 10.6 Å². The summed E-state index contributed by atoms with van der Waals surface area (Å²) in [5.74, 6) is -2.61. The third-order valence-electron chi connectivity index (χ3n) is 7.99. The summed E-state index contributed by atoms with van der Waals surface area (Å²) in [7, 11) is 0. The summed E-state index contributed by atoms with van der Waals surface area (Å²) in [6.45, 7) is 6.61. The zero-order valence-electron chi connectivity index (χ0n) is 18.7. The molecule has 0 spiro atoms. The number of unbranched alkanes of at least 4 members (excludes halogenated alkanes) is 3. The molecule has 0 amide bonds. The fraction of sp³-hybridized carbons (Fsp3) is 0.826. The van der Waals surface area contributed by atoms with E-state index < -0.39 is 64.9 Å². The van der Waals surface area contributed by atoms with E-state index in [0.29, 0.717) is 19.3 Å². The number of ketones is 1. The van der Waals surface area contributed by atoms with Crippen molar-refractivity contribution in [2.24, 2.45) is 22.7 Å². The molecule has 2 saturated carbocycles. The van der Waals surface area contributed by atoms with Crippen LogP contribution in [0, 0.1) is 22.7 Å². The van der Waals surface area contributed by atoms with Gasteiger partial charge in [-0.15, -0.1) is 0 Å². The number of halogens is 1. The van der Waals surface area contributed by atoms with Crippen molar-refractivity contribution in [1.29, 1.82) is 0 Å². The molecular weight excluding hydrogens is 424 g/mol. The SMILES string of the molecule is CCCCCCC(O)C(=O)OC1C2C(CC1(C)C)C(O)C1=C(Cl)C(=O)C(O)(CO)C12C. The number of aliphatic hydroxyl groups excluding tert-OH is 3. The Morgan fingerprint density at radius 1 is 1.26 bits per heavy atom. The predicted octanol–water partition coefficient (Wildman–Crippen LogP) is 2.07. The number of carbonyl (C=O) groups excluding carboxylic acids is 2. The Labute approximate surface area is 188 Å². The maximum absolute atomic E-state index is 12.7. The number of Topliss-reactive ketones (excluding diaryl/α,β-unsaturated/α-hetero) is 1. The van der Waals surface area contributed by atoms with Crippen molar-refractivity contribution in [2.45, 2.75) is 90.1 Å². The maximum atomic E-state index is 12.7. The Bertz CT molecular complexity index is 778. The third-order valence-corrected chi connectivity index (χ3v) is 8.37. The zero-order chi connectivity index (χ0) is 23.4. The van der Waals surface area contributed by atoms with Crippen LogP contribution in [0.2, 0.25) is 0 Å². The van der Waals surface area contributed by atoms with Crippen LogP contribution in [0.4, 0.5) is 0 Å².